The molecular formula is C47H76NO7P. The van der Waals surface area contributed by atoms with Crippen LogP contribution >= 0.6 is 7.82 Å². The smallest absolute Gasteiger partial charge is 0.457 e. The van der Waals surface area contributed by atoms with Crippen molar-refractivity contribution in [2.24, 2.45) is 5.73 Å². The van der Waals surface area contributed by atoms with E-state index in [4.69, 9.17) is 24.3 Å². The lowest BCUT2D eigenvalue weighted by atomic mass is 10.1. The van der Waals surface area contributed by atoms with Crippen LogP contribution in [0.4, 0.5) is 0 Å². The molecule has 0 bridgehead atoms. The van der Waals surface area contributed by atoms with E-state index < -0.39 is 19.9 Å². The molecule has 0 aromatic heterocycles. The van der Waals surface area contributed by atoms with Crippen LogP contribution < -0.4 is 5.73 Å². The van der Waals surface area contributed by atoms with Crippen LogP contribution in [0.1, 0.15) is 129 Å². The average molecular weight is 798 g/mol. The summed E-state index contributed by atoms with van der Waals surface area (Å²) in [4.78, 5) is 22.4. The van der Waals surface area contributed by atoms with E-state index in [2.05, 4.69) is 135 Å². The fourth-order valence-corrected chi connectivity index (χ4v) is 5.65. The zero-order chi connectivity index (χ0) is 40.9. The van der Waals surface area contributed by atoms with E-state index in [9.17, 15) is 14.3 Å². The first-order chi connectivity index (χ1) is 27.4. The van der Waals surface area contributed by atoms with Crippen molar-refractivity contribution >= 4 is 13.8 Å². The summed E-state index contributed by atoms with van der Waals surface area (Å²) in [5, 5.41) is 0. The molecule has 0 fully saturated rings. The Morgan fingerprint density at radius 2 is 0.946 bits per heavy atom. The summed E-state index contributed by atoms with van der Waals surface area (Å²) in [5.74, 6) is -0.403. The normalized spacial score (nSPS) is 14.7. The van der Waals surface area contributed by atoms with Gasteiger partial charge in [-0.3, -0.25) is 13.8 Å². The van der Waals surface area contributed by atoms with E-state index >= 15 is 0 Å². The molecule has 0 aromatic carbocycles. The molecule has 0 spiro atoms. The maximum atomic E-state index is 12.6. The summed E-state index contributed by atoms with van der Waals surface area (Å²) in [6.07, 6.45) is 59.4. The van der Waals surface area contributed by atoms with E-state index in [1.165, 1.54) is 0 Å². The Hall–Kier alpha value is -3.10. The zero-order valence-electron chi connectivity index (χ0n) is 34.8. The number of hydrogen-bond acceptors (Lipinski definition) is 7. The predicted molar refractivity (Wildman–Crippen MR) is 237 cm³/mol. The van der Waals surface area contributed by atoms with Gasteiger partial charge in [-0.1, -0.05) is 148 Å². The lowest BCUT2D eigenvalue weighted by Gasteiger charge is -2.20. The molecule has 0 amide bonds. The monoisotopic (exact) mass is 798 g/mol. The molecule has 0 radical (unpaired) electrons. The van der Waals surface area contributed by atoms with Crippen molar-refractivity contribution in [1.29, 1.82) is 0 Å². The minimum Gasteiger partial charge on any atom is -0.457 e. The van der Waals surface area contributed by atoms with E-state index in [1.54, 1.807) is 0 Å². The second-order valence-corrected chi connectivity index (χ2v) is 14.5. The van der Waals surface area contributed by atoms with Crippen LogP contribution in [0.3, 0.4) is 0 Å². The highest BCUT2D eigenvalue weighted by atomic mass is 31.2. The Morgan fingerprint density at radius 1 is 0.536 bits per heavy atom. The van der Waals surface area contributed by atoms with Gasteiger partial charge in [0.1, 0.15) is 6.10 Å². The van der Waals surface area contributed by atoms with Gasteiger partial charge in [0.05, 0.1) is 19.8 Å². The molecule has 0 rings (SSSR count). The van der Waals surface area contributed by atoms with Gasteiger partial charge in [0.2, 0.25) is 0 Å². The summed E-state index contributed by atoms with van der Waals surface area (Å²) >= 11 is 0. The second-order valence-electron chi connectivity index (χ2n) is 13.1. The molecule has 0 heterocycles. The SMILES string of the molecule is CC/C=C\C/C=C\C/C=C\C/C=C\C/C=C\CCCCCCOCC(COP(=O)(O)OCCN)OC(=O)CCC/C=C\C/C=C\C/C=C\C/C=C\C/C=C\CC. The van der Waals surface area contributed by atoms with Crippen LogP contribution in [0, 0.1) is 0 Å². The number of carbonyl (C=O) groups excluding carboxylic acids is 1. The highest BCUT2D eigenvalue weighted by Gasteiger charge is 2.25. The van der Waals surface area contributed by atoms with Crippen LogP contribution in [0.15, 0.2) is 122 Å². The topological polar surface area (TPSA) is 117 Å². The molecule has 0 aliphatic carbocycles. The van der Waals surface area contributed by atoms with Crippen molar-refractivity contribution < 1.29 is 32.8 Å². The summed E-state index contributed by atoms with van der Waals surface area (Å²) in [6.45, 7) is 4.50. The molecule has 2 unspecified atom stereocenters. The van der Waals surface area contributed by atoms with E-state index in [1.807, 2.05) is 0 Å². The Kier molecular flexibility index (Phi) is 40.6. The third-order valence-electron chi connectivity index (χ3n) is 7.87. The van der Waals surface area contributed by atoms with Crippen LogP contribution in [0.5, 0.6) is 0 Å². The van der Waals surface area contributed by atoms with E-state index in [0.717, 1.165) is 103 Å². The van der Waals surface area contributed by atoms with Gasteiger partial charge in [-0.05, 0) is 96.3 Å². The third kappa shape index (κ3) is 42.1. The number of unbranched alkanes of at least 4 members (excludes halogenated alkanes) is 5. The summed E-state index contributed by atoms with van der Waals surface area (Å²) in [7, 11) is -4.31. The highest BCUT2D eigenvalue weighted by Crippen LogP contribution is 2.43. The molecular weight excluding hydrogens is 721 g/mol. The molecule has 0 aliphatic rings. The fourth-order valence-electron chi connectivity index (χ4n) is 4.88. The lowest BCUT2D eigenvalue weighted by molar-refractivity contribution is -0.154. The standard InChI is InChI=1S/C47H76NO7P/c1-3-5-7-9-11-13-15-17-19-21-22-23-25-27-29-31-33-35-37-39-42-52-44-46(45-54-56(50,51)53-43-41-48)55-47(49)40-38-36-34-32-30-28-26-24-20-18-16-14-12-10-8-6-4-2/h5-8,11-14,17-20,22-23,26-29,32,34,46H,3-4,9-10,15-16,21,24-25,30-31,33,35-45,48H2,1-2H3,(H,50,51)/b7-5-,8-6-,13-11-,14-12-,19-17-,20-18-,23-22-,28-26-,29-27-,34-32-. The average Bonchev–Trinajstić information content (AvgIpc) is 3.19. The van der Waals surface area contributed by atoms with Crippen molar-refractivity contribution in [2.45, 2.75) is 136 Å². The molecule has 0 aromatic rings. The Morgan fingerprint density at radius 3 is 1.39 bits per heavy atom. The van der Waals surface area contributed by atoms with Gasteiger partial charge in [-0.15, -0.1) is 0 Å². The van der Waals surface area contributed by atoms with Gasteiger partial charge >= 0.3 is 13.8 Å². The lowest BCUT2D eigenvalue weighted by Crippen LogP contribution is -2.28. The van der Waals surface area contributed by atoms with Gasteiger partial charge < -0.3 is 20.1 Å². The summed E-state index contributed by atoms with van der Waals surface area (Å²) < 4.78 is 33.3. The van der Waals surface area contributed by atoms with Crippen molar-refractivity contribution in [3.63, 3.8) is 0 Å². The Labute approximate surface area is 341 Å². The maximum absolute atomic E-state index is 12.6. The summed E-state index contributed by atoms with van der Waals surface area (Å²) in [5.41, 5.74) is 5.36. The largest absolute Gasteiger partial charge is 0.472 e. The molecule has 56 heavy (non-hydrogen) atoms. The molecule has 0 aliphatic heterocycles. The first-order valence-corrected chi connectivity index (χ1v) is 22.5. The van der Waals surface area contributed by atoms with Crippen molar-refractivity contribution in [3.05, 3.63) is 122 Å². The third-order valence-corrected chi connectivity index (χ3v) is 8.86. The fraction of sp³-hybridized carbons (Fsp3) is 0.553. The number of phosphoric ester groups is 1. The zero-order valence-corrected chi connectivity index (χ0v) is 35.7. The van der Waals surface area contributed by atoms with Crippen LogP contribution in [-0.4, -0.2) is 49.9 Å². The van der Waals surface area contributed by atoms with Gasteiger partial charge in [-0.2, -0.15) is 0 Å². The van der Waals surface area contributed by atoms with Gasteiger partial charge in [-0.25, -0.2) is 4.57 Å². The van der Waals surface area contributed by atoms with Crippen LogP contribution in [0.2, 0.25) is 0 Å². The number of phosphoric acid groups is 1. The number of carbonyl (C=O) groups is 1. The highest BCUT2D eigenvalue weighted by molar-refractivity contribution is 7.47. The second kappa shape index (κ2) is 43.0. The molecule has 0 saturated carbocycles. The number of ether oxygens (including phenoxy) is 2. The number of hydrogen-bond donors (Lipinski definition) is 2. The van der Waals surface area contributed by atoms with Crippen molar-refractivity contribution in [2.75, 3.05) is 33.0 Å². The van der Waals surface area contributed by atoms with Gasteiger partial charge in [0.25, 0.3) is 0 Å². The number of rotatable bonds is 38. The van der Waals surface area contributed by atoms with Gasteiger partial charge in [0.15, 0.2) is 0 Å². The number of allylic oxidation sites excluding steroid dienone is 20. The first kappa shape index (κ1) is 52.9. The van der Waals surface area contributed by atoms with Gasteiger partial charge in [0, 0.05) is 19.6 Å². The predicted octanol–water partition coefficient (Wildman–Crippen LogP) is 12.6. The molecule has 0 saturated heterocycles. The Balaban J connectivity index is 4.24. The quantitative estimate of drug-likeness (QED) is 0.0274. The maximum Gasteiger partial charge on any atom is 0.472 e. The summed E-state index contributed by atoms with van der Waals surface area (Å²) in [6, 6.07) is 0. The van der Waals surface area contributed by atoms with Crippen molar-refractivity contribution in [1.82, 2.24) is 0 Å². The molecule has 2 atom stereocenters. The molecule has 8 nitrogen and oxygen atoms in total. The first-order valence-electron chi connectivity index (χ1n) is 21.0. The van der Waals surface area contributed by atoms with Crippen LogP contribution in [-0.2, 0) is 27.9 Å². The molecule has 316 valence electrons. The molecule has 9 heteroatoms. The van der Waals surface area contributed by atoms with Crippen LogP contribution in [0.25, 0.3) is 0 Å². The minimum absolute atomic E-state index is 0.0669. The minimum atomic E-state index is -4.31. The van der Waals surface area contributed by atoms with E-state index in [0.29, 0.717) is 13.0 Å². The van der Waals surface area contributed by atoms with Crippen molar-refractivity contribution in [3.8, 4) is 0 Å². The van der Waals surface area contributed by atoms with E-state index in [-0.39, 0.29) is 32.8 Å². The number of nitrogens with two attached hydrogens (primary N) is 1. The number of esters is 1. The molecule has 3 N–H and O–H groups in total. The Bertz CT molecular complexity index is 1260.